The van der Waals surface area contributed by atoms with Crippen LogP contribution in [0.4, 0.5) is 0 Å². The second-order valence-corrected chi connectivity index (χ2v) is 10.2. The van der Waals surface area contributed by atoms with Crippen molar-refractivity contribution in [1.82, 2.24) is 9.55 Å². The molecule has 0 aliphatic heterocycles. The number of hydrogen-bond donors (Lipinski definition) is 0. The molecule has 0 aliphatic rings. The third-order valence-electron chi connectivity index (χ3n) is 7.67. The summed E-state index contributed by atoms with van der Waals surface area (Å²) in [6.07, 6.45) is 3.64. The molecule has 6 rings (SSSR count). The molecular formula is C37H30N2O2. The normalized spacial score (nSPS) is 11.4. The van der Waals surface area contributed by atoms with Gasteiger partial charge in [-0.15, -0.1) is 0 Å². The number of carbonyl (C=O) groups is 1. The summed E-state index contributed by atoms with van der Waals surface area (Å²) in [6.45, 7) is 6.09. The van der Waals surface area contributed by atoms with Gasteiger partial charge in [0.1, 0.15) is 17.0 Å². The van der Waals surface area contributed by atoms with Gasteiger partial charge in [0.2, 0.25) is 5.78 Å². The molecule has 6 aromatic rings. The minimum Gasteiger partial charge on any atom is -0.496 e. The van der Waals surface area contributed by atoms with Crippen LogP contribution in [-0.2, 0) is 5.54 Å². The highest BCUT2D eigenvalue weighted by molar-refractivity contribution is 6.10. The van der Waals surface area contributed by atoms with Crippen LogP contribution in [0.5, 0.6) is 5.75 Å². The van der Waals surface area contributed by atoms with Gasteiger partial charge in [-0.1, -0.05) is 116 Å². The molecule has 0 saturated carbocycles. The molecule has 0 unspecified atom stereocenters. The lowest BCUT2D eigenvalue weighted by Gasteiger charge is -2.37. The number of ketones is 1. The van der Waals surface area contributed by atoms with Crippen LogP contribution in [0.2, 0.25) is 0 Å². The Labute approximate surface area is 240 Å². The number of methoxy groups -OCH3 is 1. The van der Waals surface area contributed by atoms with Gasteiger partial charge in [-0.2, -0.15) is 0 Å². The fourth-order valence-corrected chi connectivity index (χ4v) is 5.82. The van der Waals surface area contributed by atoms with E-state index >= 15 is 0 Å². The molecule has 4 heteroatoms. The Balaban J connectivity index is 1.50. The topological polar surface area (TPSA) is 44.1 Å². The van der Waals surface area contributed by atoms with Crippen LogP contribution in [-0.4, -0.2) is 22.4 Å². The highest BCUT2D eigenvalue weighted by atomic mass is 16.5. The summed E-state index contributed by atoms with van der Waals surface area (Å²) in [5, 5.41) is 1.94. The average Bonchev–Trinajstić information content (AvgIpc) is 3.52. The molecule has 0 saturated heterocycles. The zero-order valence-electron chi connectivity index (χ0n) is 23.1. The summed E-state index contributed by atoms with van der Waals surface area (Å²) >= 11 is 0. The molecular weight excluding hydrogens is 504 g/mol. The summed E-state index contributed by atoms with van der Waals surface area (Å²) in [7, 11) is 1.65. The maximum atomic E-state index is 13.9. The minimum atomic E-state index is -0.731. The van der Waals surface area contributed by atoms with Gasteiger partial charge >= 0.3 is 0 Å². The van der Waals surface area contributed by atoms with Crippen LogP contribution in [0, 0.1) is 0 Å². The number of ether oxygens (including phenoxy) is 1. The van der Waals surface area contributed by atoms with E-state index in [0.29, 0.717) is 11.3 Å². The van der Waals surface area contributed by atoms with Crippen LogP contribution in [0.25, 0.3) is 16.3 Å². The predicted molar refractivity (Wildman–Crippen MR) is 165 cm³/mol. The van der Waals surface area contributed by atoms with E-state index in [1.54, 1.807) is 13.4 Å². The highest BCUT2D eigenvalue weighted by Gasteiger charge is 2.38. The number of allylic oxidation sites excluding steroid dienone is 1. The van der Waals surface area contributed by atoms with Gasteiger partial charge in [0.15, 0.2) is 0 Å². The van der Waals surface area contributed by atoms with E-state index < -0.39 is 5.54 Å². The van der Waals surface area contributed by atoms with Gasteiger partial charge in [-0.3, -0.25) is 4.79 Å². The Bertz CT molecular complexity index is 1760. The van der Waals surface area contributed by atoms with Crippen LogP contribution >= 0.6 is 0 Å². The monoisotopic (exact) mass is 534 g/mol. The molecule has 0 spiro atoms. The molecule has 200 valence electrons. The molecule has 0 aliphatic carbocycles. The molecule has 4 nitrogen and oxygen atoms in total. The van der Waals surface area contributed by atoms with Gasteiger partial charge in [0.25, 0.3) is 0 Å². The first-order valence-corrected chi connectivity index (χ1v) is 13.6. The van der Waals surface area contributed by atoms with Crippen molar-refractivity contribution in [2.24, 2.45) is 0 Å². The lowest BCUT2D eigenvalue weighted by atomic mass is 9.77. The average molecular weight is 535 g/mol. The Morgan fingerprint density at radius 1 is 0.780 bits per heavy atom. The molecule has 0 radical (unpaired) electrons. The van der Waals surface area contributed by atoms with Crippen LogP contribution < -0.4 is 4.74 Å². The first kappa shape index (κ1) is 26.0. The number of imidazole rings is 1. The zero-order valence-corrected chi connectivity index (χ0v) is 23.1. The number of aromatic nitrogens is 2. The lowest BCUT2D eigenvalue weighted by Crippen LogP contribution is -2.37. The molecule has 0 amide bonds. The first-order chi connectivity index (χ1) is 20.0. The van der Waals surface area contributed by atoms with E-state index in [1.165, 1.54) is 0 Å². The summed E-state index contributed by atoms with van der Waals surface area (Å²) < 4.78 is 7.63. The standard InChI is InChI=1S/C37H30N2O2/c1-26(2)35-32-21-19-28(23-27(32)20-22-34(35)41-3)36(40)33-24-39(25-38-33)37(29-13-7-4-8-14-29,30-15-9-5-10-16-30)31-17-11-6-12-18-31/h4-25H,1H2,2-3H3. The highest BCUT2D eigenvalue weighted by Crippen LogP contribution is 2.41. The Morgan fingerprint density at radius 3 is 1.85 bits per heavy atom. The van der Waals surface area contributed by atoms with E-state index in [9.17, 15) is 4.79 Å². The van der Waals surface area contributed by atoms with E-state index in [4.69, 9.17) is 4.74 Å². The summed E-state index contributed by atoms with van der Waals surface area (Å²) in [4.78, 5) is 18.5. The quantitative estimate of drug-likeness (QED) is 0.146. The third-order valence-corrected chi connectivity index (χ3v) is 7.67. The molecule has 5 aromatic carbocycles. The molecule has 1 heterocycles. The van der Waals surface area contributed by atoms with E-state index in [-0.39, 0.29) is 5.78 Å². The van der Waals surface area contributed by atoms with E-state index in [2.05, 4.69) is 52.5 Å². The van der Waals surface area contributed by atoms with Gasteiger partial charge in [0.05, 0.1) is 13.4 Å². The number of hydrogen-bond acceptors (Lipinski definition) is 3. The summed E-state index contributed by atoms with van der Waals surface area (Å²) in [6, 6.07) is 40.7. The van der Waals surface area contributed by atoms with Gasteiger partial charge in [0, 0.05) is 17.3 Å². The predicted octanol–water partition coefficient (Wildman–Crippen LogP) is 8.15. The Kier molecular flexibility index (Phi) is 6.82. The number of benzene rings is 5. The molecule has 0 atom stereocenters. The SMILES string of the molecule is C=C(C)c1c(OC)ccc2cc(C(=O)c3cn(C(c4ccccc4)(c4ccccc4)c4ccccc4)cn3)ccc12. The maximum Gasteiger partial charge on any atom is 0.212 e. The van der Waals surface area contributed by atoms with Crippen molar-refractivity contribution >= 4 is 22.1 Å². The van der Waals surface area contributed by atoms with Crippen molar-refractivity contribution in [2.45, 2.75) is 12.5 Å². The van der Waals surface area contributed by atoms with Gasteiger partial charge in [-0.05, 0) is 52.1 Å². The molecule has 41 heavy (non-hydrogen) atoms. The first-order valence-electron chi connectivity index (χ1n) is 13.6. The number of nitrogens with zero attached hydrogens (tertiary/aromatic N) is 2. The van der Waals surface area contributed by atoms with E-state index in [0.717, 1.165) is 44.3 Å². The maximum absolute atomic E-state index is 13.9. The Hall–Kier alpha value is -5.22. The zero-order chi connectivity index (χ0) is 28.4. The number of carbonyl (C=O) groups excluding carboxylic acids is 1. The van der Waals surface area contributed by atoms with Crippen molar-refractivity contribution in [3.8, 4) is 5.75 Å². The van der Waals surface area contributed by atoms with Crippen molar-refractivity contribution in [3.63, 3.8) is 0 Å². The van der Waals surface area contributed by atoms with Crippen molar-refractivity contribution in [3.05, 3.63) is 174 Å². The van der Waals surface area contributed by atoms with Gasteiger partial charge in [-0.25, -0.2) is 4.98 Å². The molecule has 1 aromatic heterocycles. The fraction of sp³-hybridized carbons (Fsp3) is 0.0811. The number of rotatable bonds is 8. The third kappa shape index (κ3) is 4.44. The minimum absolute atomic E-state index is 0.138. The number of fused-ring (bicyclic) bond motifs is 1. The summed E-state index contributed by atoms with van der Waals surface area (Å²) in [5.41, 5.74) is 5.29. The van der Waals surface area contributed by atoms with Crippen molar-refractivity contribution < 1.29 is 9.53 Å². The van der Waals surface area contributed by atoms with E-state index in [1.807, 2.05) is 98.0 Å². The molecule has 0 fully saturated rings. The second-order valence-electron chi connectivity index (χ2n) is 10.2. The molecule has 0 N–H and O–H groups in total. The summed E-state index contributed by atoms with van der Waals surface area (Å²) in [5.74, 6) is 0.628. The smallest absolute Gasteiger partial charge is 0.212 e. The second kappa shape index (κ2) is 10.7. The molecule has 0 bridgehead atoms. The lowest BCUT2D eigenvalue weighted by molar-refractivity contribution is 0.103. The largest absolute Gasteiger partial charge is 0.496 e. The van der Waals surface area contributed by atoms with Gasteiger partial charge < -0.3 is 9.30 Å². The van der Waals surface area contributed by atoms with Crippen LogP contribution in [0.1, 0.15) is 45.2 Å². The van der Waals surface area contributed by atoms with Crippen molar-refractivity contribution in [1.29, 1.82) is 0 Å². The fourth-order valence-electron chi connectivity index (χ4n) is 5.82. The Morgan fingerprint density at radius 2 is 1.34 bits per heavy atom. The van der Waals surface area contributed by atoms with Crippen molar-refractivity contribution in [2.75, 3.05) is 7.11 Å². The van der Waals surface area contributed by atoms with Crippen LogP contribution in [0.15, 0.2) is 140 Å². The van der Waals surface area contributed by atoms with Crippen LogP contribution in [0.3, 0.4) is 0 Å².